The van der Waals surface area contributed by atoms with Crippen molar-refractivity contribution < 1.29 is 9.59 Å². The Morgan fingerprint density at radius 3 is 2.54 bits per heavy atom. The van der Waals surface area contributed by atoms with E-state index in [0.29, 0.717) is 24.2 Å². The van der Waals surface area contributed by atoms with Gasteiger partial charge in [-0.25, -0.2) is 5.01 Å². The molecule has 2 aromatic carbocycles. The Kier molecular flexibility index (Phi) is 4.29. The molecule has 2 amide bonds. The molecule has 4 rings (SSSR count). The summed E-state index contributed by atoms with van der Waals surface area (Å²) >= 11 is 0. The second kappa shape index (κ2) is 6.75. The van der Waals surface area contributed by atoms with Crippen LogP contribution < -0.4 is 9.91 Å². The minimum absolute atomic E-state index is 0.0835. The van der Waals surface area contributed by atoms with Crippen molar-refractivity contribution in [2.24, 2.45) is 5.10 Å². The average Bonchev–Trinajstić information content (AvgIpc) is 2.68. The molecule has 0 fully saturated rings. The summed E-state index contributed by atoms with van der Waals surface area (Å²) in [7, 11) is 0. The van der Waals surface area contributed by atoms with Crippen molar-refractivity contribution in [3.8, 4) is 0 Å². The first kappa shape index (κ1) is 16.5. The molecule has 2 aromatic rings. The van der Waals surface area contributed by atoms with Crippen LogP contribution in [0.5, 0.6) is 0 Å². The lowest BCUT2D eigenvalue weighted by Crippen LogP contribution is -2.47. The Balaban J connectivity index is 1.69. The smallest absolute Gasteiger partial charge is 0.274 e. The second-order valence-electron chi connectivity index (χ2n) is 6.78. The van der Waals surface area contributed by atoms with E-state index in [1.54, 1.807) is 0 Å². The molecular formula is C21H21N3O2. The first-order valence-corrected chi connectivity index (χ1v) is 9.02. The standard InChI is InChI=1S/C21H21N3O2/c1-15-11-12-16-7-5-6-10-19(16)23(15)21(26)18-13-14-20(25)24(22-18)17-8-3-2-4-9-17/h2-10,15H,11-14H2,1H3. The van der Waals surface area contributed by atoms with E-state index in [1.807, 2.05) is 53.4 Å². The lowest BCUT2D eigenvalue weighted by molar-refractivity contribution is -0.118. The van der Waals surface area contributed by atoms with Crippen LogP contribution in [0.15, 0.2) is 59.7 Å². The summed E-state index contributed by atoms with van der Waals surface area (Å²) in [5, 5.41) is 5.78. The Morgan fingerprint density at radius 2 is 1.73 bits per heavy atom. The molecule has 5 heteroatoms. The van der Waals surface area contributed by atoms with Crippen LogP contribution in [0, 0.1) is 0 Å². The second-order valence-corrected chi connectivity index (χ2v) is 6.78. The summed E-state index contributed by atoms with van der Waals surface area (Å²) in [5.74, 6) is -0.182. The number of benzene rings is 2. The lowest BCUT2D eigenvalue weighted by atomic mass is 9.95. The maximum atomic E-state index is 13.3. The highest BCUT2D eigenvalue weighted by Crippen LogP contribution is 2.31. The van der Waals surface area contributed by atoms with E-state index >= 15 is 0 Å². The summed E-state index contributed by atoms with van der Waals surface area (Å²) < 4.78 is 0. The molecule has 0 saturated carbocycles. The number of fused-ring (bicyclic) bond motifs is 1. The third-order valence-corrected chi connectivity index (χ3v) is 5.02. The largest absolute Gasteiger partial charge is 0.304 e. The lowest BCUT2D eigenvalue weighted by Gasteiger charge is -2.36. The van der Waals surface area contributed by atoms with E-state index in [0.717, 1.165) is 18.5 Å². The van der Waals surface area contributed by atoms with Crippen LogP contribution in [0.2, 0.25) is 0 Å². The Labute approximate surface area is 152 Å². The summed E-state index contributed by atoms with van der Waals surface area (Å²) in [4.78, 5) is 27.4. The van der Waals surface area contributed by atoms with E-state index < -0.39 is 0 Å². The first-order valence-electron chi connectivity index (χ1n) is 9.02. The molecule has 0 N–H and O–H groups in total. The quantitative estimate of drug-likeness (QED) is 0.834. The van der Waals surface area contributed by atoms with Gasteiger partial charge in [-0.15, -0.1) is 0 Å². The van der Waals surface area contributed by atoms with Crippen molar-refractivity contribution in [2.45, 2.75) is 38.6 Å². The van der Waals surface area contributed by atoms with E-state index in [-0.39, 0.29) is 17.9 Å². The van der Waals surface area contributed by atoms with Crippen molar-refractivity contribution in [1.82, 2.24) is 0 Å². The highest BCUT2D eigenvalue weighted by molar-refractivity contribution is 6.45. The molecule has 132 valence electrons. The van der Waals surface area contributed by atoms with Gasteiger partial charge in [0.05, 0.1) is 5.69 Å². The molecule has 1 atom stereocenters. The highest BCUT2D eigenvalue weighted by Gasteiger charge is 2.33. The summed E-state index contributed by atoms with van der Waals surface area (Å²) in [6.07, 6.45) is 2.58. The van der Waals surface area contributed by atoms with Crippen LogP contribution in [-0.2, 0) is 16.0 Å². The molecule has 26 heavy (non-hydrogen) atoms. The number of amides is 2. The zero-order valence-electron chi connectivity index (χ0n) is 14.8. The SMILES string of the molecule is CC1CCc2ccccc2N1C(=O)C1=NN(c2ccccc2)C(=O)CC1. The monoisotopic (exact) mass is 347 g/mol. The summed E-state index contributed by atoms with van der Waals surface area (Å²) in [6.45, 7) is 2.07. The van der Waals surface area contributed by atoms with Crippen molar-refractivity contribution in [1.29, 1.82) is 0 Å². The van der Waals surface area contributed by atoms with Gasteiger partial charge in [0.25, 0.3) is 5.91 Å². The number of aryl methyl sites for hydroxylation is 1. The molecular weight excluding hydrogens is 326 g/mol. The van der Waals surface area contributed by atoms with Gasteiger partial charge in [-0.05, 0) is 43.5 Å². The van der Waals surface area contributed by atoms with Crippen molar-refractivity contribution in [3.63, 3.8) is 0 Å². The fourth-order valence-corrected chi connectivity index (χ4v) is 3.62. The molecule has 2 heterocycles. The number of para-hydroxylation sites is 2. The molecule has 1 unspecified atom stereocenters. The van der Waals surface area contributed by atoms with Gasteiger partial charge >= 0.3 is 0 Å². The van der Waals surface area contributed by atoms with Gasteiger partial charge in [0, 0.05) is 24.6 Å². The topological polar surface area (TPSA) is 53.0 Å². The fourth-order valence-electron chi connectivity index (χ4n) is 3.62. The fraction of sp³-hybridized carbons (Fsp3) is 0.286. The van der Waals surface area contributed by atoms with Crippen LogP contribution in [-0.4, -0.2) is 23.6 Å². The molecule has 0 saturated heterocycles. The summed E-state index contributed by atoms with van der Waals surface area (Å²) in [6, 6.07) is 17.4. The molecule has 2 aliphatic rings. The Hall–Kier alpha value is -2.95. The van der Waals surface area contributed by atoms with Crippen LogP contribution in [0.4, 0.5) is 11.4 Å². The van der Waals surface area contributed by atoms with Gasteiger partial charge in [-0.2, -0.15) is 5.10 Å². The third kappa shape index (κ3) is 2.90. The third-order valence-electron chi connectivity index (χ3n) is 5.02. The molecule has 0 aliphatic carbocycles. The first-order chi connectivity index (χ1) is 12.6. The summed E-state index contributed by atoms with van der Waals surface area (Å²) in [5.41, 5.74) is 3.28. The number of carbonyl (C=O) groups excluding carboxylic acids is 2. The zero-order chi connectivity index (χ0) is 18.1. The van der Waals surface area contributed by atoms with Crippen molar-refractivity contribution in [3.05, 3.63) is 60.2 Å². The number of hydrogen-bond donors (Lipinski definition) is 0. The molecule has 5 nitrogen and oxygen atoms in total. The van der Waals surface area contributed by atoms with Crippen molar-refractivity contribution in [2.75, 3.05) is 9.91 Å². The number of anilines is 2. The highest BCUT2D eigenvalue weighted by atomic mass is 16.2. The van der Waals surface area contributed by atoms with Gasteiger partial charge in [0.1, 0.15) is 5.71 Å². The van der Waals surface area contributed by atoms with Gasteiger partial charge < -0.3 is 4.90 Å². The number of hydrazone groups is 1. The van der Waals surface area contributed by atoms with Crippen LogP contribution in [0.1, 0.15) is 31.7 Å². The predicted molar refractivity (Wildman–Crippen MR) is 102 cm³/mol. The van der Waals surface area contributed by atoms with Crippen LogP contribution >= 0.6 is 0 Å². The van der Waals surface area contributed by atoms with E-state index in [4.69, 9.17) is 0 Å². The molecule has 0 bridgehead atoms. The molecule has 2 aliphatic heterocycles. The maximum Gasteiger partial charge on any atom is 0.274 e. The molecule has 0 spiro atoms. The minimum Gasteiger partial charge on any atom is -0.304 e. The van der Waals surface area contributed by atoms with E-state index in [2.05, 4.69) is 18.1 Å². The van der Waals surface area contributed by atoms with E-state index in [9.17, 15) is 9.59 Å². The molecule has 0 aromatic heterocycles. The van der Waals surface area contributed by atoms with Gasteiger partial charge in [-0.3, -0.25) is 9.59 Å². The van der Waals surface area contributed by atoms with Gasteiger partial charge in [0.15, 0.2) is 0 Å². The van der Waals surface area contributed by atoms with Gasteiger partial charge in [0.2, 0.25) is 5.91 Å². The van der Waals surface area contributed by atoms with Crippen LogP contribution in [0.3, 0.4) is 0 Å². The number of carbonyl (C=O) groups is 2. The minimum atomic E-state index is -0.0990. The normalized spacial score (nSPS) is 19.8. The number of hydrogen-bond acceptors (Lipinski definition) is 3. The molecule has 0 radical (unpaired) electrons. The zero-order valence-corrected chi connectivity index (χ0v) is 14.8. The van der Waals surface area contributed by atoms with Crippen LogP contribution in [0.25, 0.3) is 0 Å². The number of rotatable bonds is 2. The van der Waals surface area contributed by atoms with Gasteiger partial charge in [-0.1, -0.05) is 36.4 Å². The average molecular weight is 347 g/mol. The Bertz CT molecular complexity index is 876. The van der Waals surface area contributed by atoms with E-state index in [1.165, 1.54) is 10.6 Å². The Morgan fingerprint density at radius 1 is 1.00 bits per heavy atom. The van der Waals surface area contributed by atoms with Crippen molar-refractivity contribution >= 4 is 28.9 Å². The predicted octanol–water partition coefficient (Wildman–Crippen LogP) is 3.54. The maximum absolute atomic E-state index is 13.3. The number of nitrogens with zero attached hydrogens (tertiary/aromatic N) is 3.